The number of carbonyl (C=O) groups is 1. The predicted molar refractivity (Wildman–Crippen MR) is 84.1 cm³/mol. The number of benzene rings is 1. The quantitative estimate of drug-likeness (QED) is 0.837. The van der Waals surface area contributed by atoms with Crippen LogP contribution in [-0.2, 0) is 14.2 Å². The summed E-state index contributed by atoms with van der Waals surface area (Å²) in [6.07, 6.45) is 3.55. The van der Waals surface area contributed by atoms with Gasteiger partial charge in [-0.1, -0.05) is 24.1 Å². The maximum Gasteiger partial charge on any atom is 0.340 e. The first-order chi connectivity index (χ1) is 10.9. The number of esters is 1. The first-order valence-electron chi connectivity index (χ1n) is 7.91. The topological polar surface area (TPSA) is 65.0 Å². The molecule has 2 fully saturated rings. The molecule has 1 aromatic rings. The highest BCUT2D eigenvalue weighted by Crippen LogP contribution is 2.40. The van der Waals surface area contributed by atoms with E-state index in [1.165, 1.54) is 6.07 Å². The van der Waals surface area contributed by atoms with Crippen molar-refractivity contribution in [2.45, 2.75) is 56.7 Å². The van der Waals surface area contributed by atoms with Crippen LogP contribution in [0.4, 0.5) is 0 Å². The first kappa shape index (κ1) is 16.7. The molecule has 1 heterocycles. The van der Waals surface area contributed by atoms with Gasteiger partial charge in [-0.15, -0.1) is 0 Å². The van der Waals surface area contributed by atoms with Gasteiger partial charge in [-0.3, -0.25) is 0 Å². The van der Waals surface area contributed by atoms with Crippen molar-refractivity contribution < 1.29 is 24.1 Å². The molecular formula is C17H21ClO5. The molecule has 0 bridgehead atoms. The van der Waals surface area contributed by atoms with E-state index in [1.807, 2.05) is 0 Å². The third-order valence-corrected chi connectivity index (χ3v) is 4.58. The lowest BCUT2D eigenvalue weighted by Gasteiger charge is -2.48. The van der Waals surface area contributed by atoms with Crippen LogP contribution in [0.25, 0.3) is 0 Å². The number of carbonyl (C=O) groups excluding carboxylic acids is 1. The minimum Gasteiger partial charge on any atom is -0.429 e. The Morgan fingerprint density at radius 1 is 1.35 bits per heavy atom. The molecule has 1 saturated heterocycles. The maximum atomic E-state index is 12.3. The van der Waals surface area contributed by atoms with Crippen molar-refractivity contribution in [3.05, 3.63) is 34.9 Å². The Balaban J connectivity index is 1.74. The molecular weight excluding hydrogens is 320 g/mol. The minimum absolute atomic E-state index is 0.0699. The van der Waals surface area contributed by atoms with E-state index in [2.05, 4.69) is 0 Å². The van der Waals surface area contributed by atoms with E-state index in [9.17, 15) is 9.90 Å². The Bertz CT molecular complexity index is 580. The van der Waals surface area contributed by atoms with Gasteiger partial charge in [-0.05, 0) is 38.0 Å². The highest BCUT2D eigenvalue weighted by Gasteiger charge is 2.50. The molecule has 23 heavy (non-hydrogen) atoms. The zero-order valence-electron chi connectivity index (χ0n) is 13.1. The average molecular weight is 341 g/mol. The Labute approximate surface area is 140 Å². The summed E-state index contributed by atoms with van der Waals surface area (Å²) in [5.74, 6) is -1.33. The Hall–Kier alpha value is -1.14. The van der Waals surface area contributed by atoms with Gasteiger partial charge in [0.2, 0.25) is 6.29 Å². The molecule has 3 rings (SSSR count). The van der Waals surface area contributed by atoms with E-state index in [0.717, 1.165) is 32.1 Å². The van der Waals surface area contributed by atoms with E-state index in [4.69, 9.17) is 25.8 Å². The number of halogens is 1. The van der Waals surface area contributed by atoms with Crippen LogP contribution in [-0.4, -0.2) is 35.4 Å². The highest BCUT2D eigenvalue weighted by molar-refractivity contribution is 6.30. The zero-order valence-corrected chi connectivity index (χ0v) is 13.8. The van der Waals surface area contributed by atoms with Crippen LogP contribution >= 0.6 is 11.6 Å². The Morgan fingerprint density at radius 2 is 2.09 bits per heavy atom. The van der Waals surface area contributed by atoms with Crippen molar-refractivity contribution in [1.29, 1.82) is 0 Å². The lowest BCUT2D eigenvalue weighted by molar-refractivity contribution is -0.393. The Kier molecular flexibility index (Phi) is 4.65. The van der Waals surface area contributed by atoms with Gasteiger partial charge >= 0.3 is 5.97 Å². The molecule has 1 N–H and O–H groups in total. The SMILES string of the molecule is CC1(O)COC2(CCCCC2)OC1OC(=O)c1cccc(Cl)c1. The van der Waals surface area contributed by atoms with Crippen molar-refractivity contribution in [1.82, 2.24) is 0 Å². The molecule has 0 amide bonds. The van der Waals surface area contributed by atoms with Crippen LogP contribution in [0.2, 0.25) is 5.02 Å². The second kappa shape index (κ2) is 6.40. The van der Waals surface area contributed by atoms with E-state index in [0.29, 0.717) is 10.6 Å². The molecule has 1 aromatic carbocycles. The maximum absolute atomic E-state index is 12.3. The van der Waals surface area contributed by atoms with Crippen molar-refractivity contribution in [2.24, 2.45) is 0 Å². The van der Waals surface area contributed by atoms with Crippen LogP contribution in [0.1, 0.15) is 49.4 Å². The van der Waals surface area contributed by atoms with Crippen LogP contribution in [0.5, 0.6) is 0 Å². The van der Waals surface area contributed by atoms with Gasteiger partial charge in [-0.25, -0.2) is 4.79 Å². The largest absolute Gasteiger partial charge is 0.429 e. The van der Waals surface area contributed by atoms with Gasteiger partial charge in [0.25, 0.3) is 0 Å². The molecule has 1 saturated carbocycles. The summed E-state index contributed by atoms with van der Waals surface area (Å²) in [5, 5.41) is 10.9. The predicted octanol–water partition coefficient (Wildman–Crippen LogP) is 3.28. The monoisotopic (exact) mass is 340 g/mol. The summed E-state index contributed by atoms with van der Waals surface area (Å²) in [7, 11) is 0. The number of ether oxygens (including phenoxy) is 3. The fraction of sp³-hybridized carbons (Fsp3) is 0.588. The molecule has 1 spiro atoms. The number of rotatable bonds is 2. The number of hydrogen-bond donors (Lipinski definition) is 1. The minimum atomic E-state index is -1.39. The molecule has 2 atom stereocenters. The third kappa shape index (κ3) is 3.69. The highest BCUT2D eigenvalue weighted by atomic mass is 35.5. The summed E-state index contributed by atoms with van der Waals surface area (Å²) in [4.78, 5) is 12.3. The molecule has 0 radical (unpaired) electrons. The molecule has 1 aliphatic heterocycles. The average Bonchev–Trinajstić information content (AvgIpc) is 2.52. The standard InChI is InChI=1S/C17H21ClO5/c1-16(20)11-21-17(8-3-2-4-9-17)23-15(16)22-14(19)12-6-5-7-13(18)10-12/h5-7,10,15,20H,2-4,8-9,11H2,1H3. The normalized spacial score (nSPS) is 30.1. The van der Waals surface area contributed by atoms with Gasteiger partial charge in [0.15, 0.2) is 5.79 Å². The van der Waals surface area contributed by atoms with E-state index >= 15 is 0 Å². The summed E-state index contributed by atoms with van der Waals surface area (Å²) >= 11 is 5.90. The number of hydrogen-bond acceptors (Lipinski definition) is 5. The van der Waals surface area contributed by atoms with Gasteiger partial charge < -0.3 is 19.3 Å². The molecule has 5 nitrogen and oxygen atoms in total. The van der Waals surface area contributed by atoms with Crippen LogP contribution in [0, 0.1) is 0 Å². The van der Waals surface area contributed by atoms with Gasteiger partial charge in [-0.2, -0.15) is 0 Å². The van der Waals surface area contributed by atoms with Gasteiger partial charge in [0.1, 0.15) is 5.60 Å². The first-order valence-corrected chi connectivity index (χ1v) is 8.29. The van der Waals surface area contributed by atoms with E-state index in [-0.39, 0.29) is 6.61 Å². The molecule has 2 aliphatic rings. The van der Waals surface area contributed by atoms with E-state index in [1.54, 1.807) is 25.1 Å². The van der Waals surface area contributed by atoms with Crippen molar-refractivity contribution in [3.8, 4) is 0 Å². The lowest BCUT2D eigenvalue weighted by Crippen LogP contribution is -2.59. The van der Waals surface area contributed by atoms with Crippen molar-refractivity contribution in [3.63, 3.8) is 0 Å². The fourth-order valence-corrected chi connectivity index (χ4v) is 3.18. The smallest absolute Gasteiger partial charge is 0.340 e. The van der Waals surface area contributed by atoms with Gasteiger partial charge in [0, 0.05) is 17.9 Å². The second-order valence-electron chi connectivity index (χ2n) is 6.48. The molecule has 126 valence electrons. The molecule has 1 aliphatic carbocycles. The fourth-order valence-electron chi connectivity index (χ4n) is 2.99. The van der Waals surface area contributed by atoms with Crippen molar-refractivity contribution >= 4 is 17.6 Å². The summed E-state index contributed by atoms with van der Waals surface area (Å²) in [6, 6.07) is 6.48. The van der Waals surface area contributed by atoms with E-state index < -0.39 is 23.6 Å². The molecule has 2 unspecified atom stereocenters. The second-order valence-corrected chi connectivity index (χ2v) is 6.92. The summed E-state index contributed by atoms with van der Waals surface area (Å²) < 4.78 is 17.1. The van der Waals surface area contributed by atoms with Gasteiger partial charge in [0.05, 0.1) is 12.2 Å². The van der Waals surface area contributed by atoms with Crippen LogP contribution < -0.4 is 0 Å². The Morgan fingerprint density at radius 3 is 2.78 bits per heavy atom. The summed E-state index contributed by atoms with van der Waals surface area (Å²) in [6.45, 7) is 1.61. The third-order valence-electron chi connectivity index (χ3n) is 4.35. The zero-order chi connectivity index (χ0) is 16.5. The summed E-state index contributed by atoms with van der Waals surface area (Å²) in [5.41, 5.74) is -1.07. The molecule has 0 aromatic heterocycles. The van der Waals surface area contributed by atoms with Crippen LogP contribution in [0.3, 0.4) is 0 Å². The molecule has 6 heteroatoms. The number of aliphatic hydroxyl groups is 1. The van der Waals surface area contributed by atoms with Crippen molar-refractivity contribution in [2.75, 3.05) is 6.61 Å². The lowest BCUT2D eigenvalue weighted by atomic mass is 9.92. The van der Waals surface area contributed by atoms with Crippen LogP contribution in [0.15, 0.2) is 24.3 Å².